The average molecular weight is 269 g/mol. The van der Waals surface area contributed by atoms with Gasteiger partial charge in [0.05, 0.1) is 13.7 Å². The molecule has 2 aromatic carbocycles. The first-order valence-electron chi connectivity index (χ1n) is 6.85. The molecule has 0 saturated carbocycles. The molecule has 0 bridgehead atoms. The molecule has 0 saturated heterocycles. The van der Waals surface area contributed by atoms with E-state index in [9.17, 15) is 5.11 Å². The van der Waals surface area contributed by atoms with E-state index in [1.807, 2.05) is 18.2 Å². The van der Waals surface area contributed by atoms with Crippen LogP contribution in [0.4, 0.5) is 0 Å². The smallest absolute Gasteiger partial charge is 0.118 e. The number of benzene rings is 2. The SMILES string of the molecule is COc1ccc(CN2Cc3ccc(CO)cc3C2)cc1. The molecule has 0 fully saturated rings. The van der Waals surface area contributed by atoms with Crippen molar-refractivity contribution in [2.45, 2.75) is 26.2 Å². The molecule has 1 N–H and O–H groups in total. The summed E-state index contributed by atoms with van der Waals surface area (Å²) in [6.07, 6.45) is 0. The summed E-state index contributed by atoms with van der Waals surface area (Å²) in [6, 6.07) is 14.5. The number of hydrogen-bond acceptors (Lipinski definition) is 3. The van der Waals surface area contributed by atoms with Crippen LogP contribution < -0.4 is 4.74 Å². The highest BCUT2D eigenvalue weighted by Crippen LogP contribution is 2.25. The van der Waals surface area contributed by atoms with Crippen molar-refractivity contribution in [3.8, 4) is 5.75 Å². The topological polar surface area (TPSA) is 32.7 Å². The van der Waals surface area contributed by atoms with Crippen molar-refractivity contribution in [1.82, 2.24) is 4.90 Å². The van der Waals surface area contributed by atoms with Crippen molar-refractivity contribution in [3.63, 3.8) is 0 Å². The summed E-state index contributed by atoms with van der Waals surface area (Å²) in [5.74, 6) is 0.894. The quantitative estimate of drug-likeness (QED) is 0.926. The third-order valence-electron chi connectivity index (χ3n) is 3.81. The van der Waals surface area contributed by atoms with E-state index in [0.29, 0.717) is 0 Å². The van der Waals surface area contributed by atoms with Crippen molar-refractivity contribution >= 4 is 0 Å². The fourth-order valence-electron chi connectivity index (χ4n) is 2.72. The lowest BCUT2D eigenvalue weighted by molar-refractivity contribution is 0.274. The Bertz CT molecular complexity index is 592. The Morgan fingerprint density at radius 2 is 1.70 bits per heavy atom. The molecule has 2 aromatic rings. The van der Waals surface area contributed by atoms with E-state index in [-0.39, 0.29) is 6.61 Å². The number of fused-ring (bicyclic) bond motifs is 1. The van der Waals surface area contributed by atoms with Gasteiger partial charge in [0.15, 0.2) is 0 Å². The van der Waals surface area contributed by atoms with Gasteiger partial charge in [-0.25, -0.2) is 0 Å². The van der Waals surface area contributed by atoms with Crippen LogP contribution in [0.5, 0.6) is 5.75 Å². The van der Waals surface area contributed by atoms with E-state index in [1.165, 1.54) is 16.7 Å². The van der Waals surface area contributed by atoms with Gasteiger partial charge in [-0.05, 0) is 34.4 Å². The van der Waals surface area contributed by atoms with Crippen LogP contribution in [0.25, 0.3) is 0 Å². The van der Waals surface area contributed by atoms with Crippen LogP contribution in [0, 0.1) is 0 Å². The zero-order valence-electron chi connectivity index (χ0n) is 11.7. The largest absolute Gasteiger partial charge is 0.497 e. The van der Waals surface area contributed by atoms with Crippen molar-refractivity contribution in [3.05, 3.63) is 64.7 Å². The highest BCUT2D eigenvalue weighted by molar-refractivity contribution is 5.35. The minimum absolute atomic E-state index is 0.117. The van der Waals surface area contributed by atoms with Crippen molar-refractivity contribution in [2.24, 2.45) is 0 Å². The summed E-state index contributed by atoms with van der Waals surface area (Å²) in [4.78, 5) is 2.41. The van der Waals surface area contributed by atoms with Crippen molar-refractivity contribution in [1.29, 1.82) is 0 Å². The molecular weight excluding hydrogens is 250 g/mol. The van der Waals surface area contributed by atoms with E-state index >= 15 is 0 Å². The normalized spacial score (nSPS) is 14.3. The number of aliphatic hydroxyl groups excluding tert-OH is 1. The van der Waals surface area contributed by atoms with Crippen LogP contribution in [-0.4, -0.2) is 17.1 Å². The second-order valence-corrected chi connectivity index (χ2v) is 5.25. The van der Waals surface area contributed by atoms with Gasteiger partial charge in [0.25, 0.3) is 0 Å². The van der Waals surface area contributed by atoms with Gasteiger partial charge < -0.3 is 9.84 Å². The van der Waals surface area contributed by atoms with Crippen LogP contribution in [0.1, 0.15) is 22.3 Å². The number of nitrogens with zero attached hydrogens (tertiary/aromatic N) is 1. The van der Waals surface area contributed by atoms with Gasteiger partial charge in [-0.3, -0.25) is 4.90 Å². The Hall–Kier alpha value is -1.84. The van der Waals surface area contributed by atoms with E-state index in [4.69, 9.17) is 4.74 Å². The summed E-state index contributed by atoms with van der Waals surface area (Å²) < 4.78 is 5.18. The first-order chi connectivity index (χ1) is 9.78. The van der Waals surface area contributed by atoms with Crippen LogP contribution in [0.3, 0.4) is 0 Å². The Morgan fingerprint density at radius 3 is 2.40 bits per heavy atom. The second-order valence-electron chi connectivity index (χ2n) is 5.25. The monoisotopic (exact) mass is 269 g/mol. The lowest BCUT2D eigenvalue weighted by atomic mass is 10.1. The third-order valence-corrected chi connectivity index (χ3v) is 3.81. The molecule has 0 aromatic heterocycles. The predicted octanol–water partition coefficient (Wildman–Crippen LogP) is 2.70. The van der Waals surface area contributed by atoms with Gasteiger partial charge in [-0.2, -0.15) is 0 Å². The first-order valence-corrected chi connectivity index (χ1v) is 6.85. The zero-order valence-corrected chi connectivity index (χ0v) is 11.7. The minimum Gasteiger partial charge on any atom is -0.497 e. The van der Waals surface area contributed by atoms with Crippen molar-refractivity contribution < 1.29 is 9.84 Å². The summed E-state index contributed by atoms with van der Waals surface area (Å²) in [5.41, 5.74) is 5.00. The van der Waals surface area contributed by atoms with Crippen LogP contribution in [-0.2, 0) is 26.2 Å². The fraction of sp³-hybridized carbons (Fsp3) is 0.294. The molecule has 0 atom stereocenters. The maximum Gasteiger partial charge on any atom is 0.118 e. The molecule has 0 spiro atoms. The summed E-state index contributed by atoms with van der Waals surface area (Å²) in [6.45, 7) is 2.99. The van der Waals surface area contributed by atoms with E-state index in [2.05, 4.69) is 29.2 Å². The van der Waals surface area contributed by atoms with Gasteiger partial charge in [-0.15, -0.1) is 0 Å². The fourth-order valence-corrected chi connectivity index (χ4v) is 2.72. The molecule has 1 aliphatic rings. The first kappa shape index (κ1) is 13.2. The maximum atomic E-state index is 9.19. The van der Waals surface area contributed by atoms with Crippen LogP contribution >= 0.6 is 0 Å². The molecule has 0 unspecified atom stereocenters. The van der Waals surface area contributed by atoms with E-state index in [0.717, 1.165) is 30.9 Å². The summed E-state index contributed by atoms with van der Waals surface area (Å²) in [7, 11) is 1.69. The van der Waals surface area contributed by atoms with Crippen molar-refractivity contribution in [2.75, 3.05) is 7.11 Å². The van der Waals surface area contributed by atoms with Crippen LogP contribution in [0.15, 0.2) is 42.5 Å². The Balaban J connectivity index is 1.68. The Kier molecular flexibility index (Phi) is 3.72. The Labute approximate surface area is 119 Å². The molecular formula is C17H19NO2. The molecule has 0 radical (unpaired) electrons. The Morgan fingerprint density at radius 1 is 1.00 bits per heavy atom. The molecule has 1 heterocycles. The van der Waals surface area contributed by atoms with E-state index < -0.39 is 0 Å². The summed E-state index contributed by atoms with van der Waals surface area (Å²) >= 11 is 0. The molecule has 3 nitrogen and oxygen atoms in total. The number of hydrogen-bond donors (Lipinski definition) is 1. The van der Waals surface area contributed by atoms with Gasteiger partial charge in [-0.1, -0.05) is 30.3 Å². The molecule has 0 aliphatic carbocycles. The second kappa shape index (κ2) is 5.65. The average Bonchev–Trinajstić information content (AvgIpc) is 2.89. The summed E-state index contributed by atoms with van der Waals surface area (Å²) in [5, 5.41) is 9.19. The zero-order chi connectivity index (χ0) is 13.9. The number of aliphatic hydroxyl groups is 1. The molecule has 1 aliphatic heterocycles. The highest BCUT2D eigenvalue weighted by atomic mass is 16.5. The number of ether oxygens (including phenoxy) is 1. The lowest BCUT2D eigenvalue weighted by Crippen LogP contribution is -2.15. The molecule has 0 amide bonds. The molecule has 3 rings (SSSR count). The van der Waals surface area contributed by atoms with E-state index in [1.54, 1.807) is 7.11 Å². The predicted molar refractivity (Wildman–Crippen MR) is 78.3 cm³/mol. The lowest BCUT2D eigenvalue weighted by Gasteiger charge is -2.14. The minimum atomic E-state index is 0.117. The van der Waals surface area contributed by atoms with Crippen LogP contribution in [0.2, 0.25) is 0 Å². The highest BCUT2D eigenvalue weighted by Gasteiger charge is 2.19. The molecule has 104 valence electrons. The van der Waals surface area contributed by atoms with Gasteiger partial charge in [0.1, 0.15) is 5.75 Å². The standard InChI is InChI=1S/C17H19NO2/c1-20-17-6-3-13(4-7-17)9-18-10-15-5-2-14(12-19)8-16(15)11-18/h2-8,19H,9-12H2,1H3. The third kappa shape index (κ3) is 2.69. The molecule has 3 heteroatoms. The van der Waals surface area contributed by atoms with Gasteiger partial charge in [0, 0.05) is 19.6 Å². The number of rotatable bonds is 4. The molecule has 20 heavy (non-hydrogen) atoms. The van der Waals surface area contributed by atoms with Gasteiger partial charge >= 0.3 is 0 Å². The maximum absolute atomic E-state index is 9.19. The number of methoxy groups -OCH3 is 1. The van der Waals surface area contributed by atoms with Gasteiger partial charge in [0.2, 0.25) is 0 Å².